The second-order valence-corrected chi connectivity index (χ2v) is 5.43. The number of methoxy groups -OCH3 is 1. The molecule has 0 aromatic heterocycles. The quantitative estimate of drug-likeness (QED) is 0.867. The second kappa shape index (κ2) is 6.86. The minimum atomic E-state index is 0.191. The van der Waals surface area contributed by atoms with Crippen molar-refractivity contribution in [2.24, 2.45) is 0 Å². The van der Waals surface area contributed by atoms with Gasteiger partial charge in [-0.3, -0.25) is 4.79 Å². The average molecular weight is 276 g/mol. The zero-order valence-corrected chi connectivity index (χ0v) is 12.6. The topological polar surface area (TPSA) is 41.6 Å². The first kappa shape index (κ1) is 15.0. The summed E-state index contributed by atoms with van der Waals surface area (Å²) >= 11 is 0. The summed E-state index contributed by atoms with van der Waals surface area (Å²) < 4.78 is 5.29. The van der Waals surface area contributed by atoms with E-state index in [0.717, 1.165) is 25.2 Å². The van der Waals surface area contributed by atoms with Crippen LogP contribution in [0.4, 0.5) is 5.69 Å². The maximum atomic E-state index is 11.7. The molecule has 1 aliphatic rings. The molecule has 1 saturated heterocycles. The molecule has 1 heterocycles. The molecule has 110 valence electrons. The number of hydrogen-bond acceptors (Lipinski definition) is 3. The van der Waals surface area contributed by atoms with Crippen LogP contribution < -0.4 is 10.2 Å². The number of amides is 1. The molecule has 1 N–H and O–H groups in total. The van der Waals surface area contributed by atoms with Gasteiger partial charge in [0.1, 0.15) is 0 Å². The molecule has 2 atom stereocenters. The fraction of sp³-hybridized carbons (Fsp3) is 0.562. The normalized spacial score (nSPS) is 18.4. The molecule has 20 heavy (non-hydrogen) atoms. The standard InChI is InChI=1S/C16H24N2O2/c1-12(13(2)20-3)17-11-14-6-8-15(9-7-14)18-10-4-5-16(18)19/h6-9,12-13,17H,4-5,10-11H2,1-3H3. The highest BCUT2D eigenvalue weighted by Gasteiger charge is 2.21. The van der Waals surface area contributed by atoms with Crippen molar-refractivity contribution in [1.29, 1.82) is 0 Å². The highest BCUT2D eigenvalue weighted by atomic mass is 16.5. The molecule has 1 aromatic carbocycles. The molecule has 1 aliphatic heterocycles. The van der Waals surface area contributed by atoms with E-state index in [0.29, 0.717) is 12.5 Å². The van der Waals surface area contributed by atoms with E-state index < -0.39 is 0 Å². The summed E-state index contributed by atoms with van der Waals surface area (Å²) in [6.45, 7) is 5.83. The van der Waals surface area contributed by atoms with Crippen LogP contribution in [0.3, 0.4) is 0 Å². The van der Waals surface area contributed by atoms with Gasteiger partial charge in [0.05, 0.1) is 6.10 Å². The lowest BCUT2D eigenvalue weighted by Gasteiger charge is -2.20. The molecule has 1 fully saturated rings. The highest BCUT2D eigenvalue weighted by Crippen LogP contribution is 2.21. The smallest absolute Gasteiger partial charge is 0.227 e. The van der Waals surface area contributed by atoms with Crippen LogP contribution in [-0.4, -0.2) is 31.7 Å². The summed E-state index contributed by atoms with van der Waals surface area (Å²) in [5, 5.41) is 3.44. The first-order valence-electron chi connectivity index (χ1n) is 7.27. The molecule has 0 radical (unpaired) electrons. The third kappa shape index (κ3) is 3.58. The molecule has 0 saturated carbocycles. The van der Waals surface area contributed by atoms with Crippen LogP contribution in [0.2, 0.25) is 0 Å². The molecule has 0 bridgehead atoms. The monoisotopic (exact) mass is 276 g/mol. The van der Waals surface area contributed by atoms with Crippen LogP contribution in [0.15, 0.2) is 24.3 Å². The van der Waals surface area contributed by atoms with E-state index in [9.17, 15) is 4.79 Å². The Bertz CT molecular complexity index is 444. The fourth-order valence-corrected chi connectivity index (χ4v) is 2.36. The molecule has 1 aromatic rings. The first-order chi connectivity index (χ1) is 9.61. The number of anilines is 1. The predicted molar refractivity (Wildman–Crippen MR) is 80.8 cm³/mol. The fourth-order valence-electron chi connectivity index (χ4n) is 2.36. The van der Waals surface area contributed by atoms with Crippen molar-refractivity contribution in [3.63, 3.8) is 0 Å². The number of carbonyl (C=O) groups excluding carboxylic acids is 1. The Morgan fingerprint density at radius 3 is 2.55 bits per heavy atom. The van der Waals surface area contributed by atoms with Crippen molar-refractivity contribution in [2.75, 3.05) is 18.6 Å². The molecule has 2 unspecified atom stereocenters. The Labute approximate surface area is 121 Å². The molecule has 0 aliphatic carbocycles. The molecule has 4 nitrogen and oxygen atoms in total. The van der Waals surface area contributed by atoms with Gasteiger partial charge in [0.2, 0.25) is 5.91 Å². The predicted octanol–water partition coefficient (Wildman–Crippen LogP) is 2.33. The lowest BCUT2D eigenvalue weighted by molar-refractivity contribution is -0.117. The molecular formula is C16H24N2O2. The van der Waals surface area contributed by atoms with Gasteiger partial charge >= 0.3 is 0 Å². The average Bonchev–Trinajstić information content (AvgIpc) is 2.90. The number of ether oxygens (including phenoxy) is 1. The zero-order chi connectivity index (χ0) is 14.5. The van der Waals surface area contributed by atoms with Crippen molar-refractivity contribution in [1.82, 2.24) is 5.32 Å². The summed E-state index contributed by atoms with van der Waals surface area (Å²) in [6.07, 6.45) is 1.83. The van der Waals surface area contributed by atoms with Gasteiger partial charge in [-0.25, -0.2) is 0 Å². The van der Waals surface area contributed by atoms with E-state index in [-0.39, 0.29) is 12.0 Å². The Kier molecular flexibility index (Phi) is 5.15. The number of hydrogen-bond donors (Lipinski definition) is 1. The molecule has 1 amide bonds. The summed E-state index contributed by atoms with van der Waals surface area (Å²) in [4.78, 5) is 13.6. The van der Waals surface area contributed by atoms with Gasteiger partial charge in [0.15, 0.2) is 0 Å². The lowest BCUT2D eigenvalue weighted by Crippen LogP contribution is -2.36. The number of nitrogens with one attached hydrogen (secondary N) is 1. The Morgan fingerprint density at radius 2 is 2.00 bits per heavy atom. The molecule has 0 spiro atoms. The van der Waals surface area contributed by atoms with E-state index >= 15 is 0 Å². The summed E-state index contributed by atoms with van der Waals surface area (Å²) in [7, 11) is 1.73. The number of carbonyl (C=O) groups is 1. The molecule has 2 rings (SSSR count). The highest BCUT2D eigenvalue weighted by molar-refractivity contribution is 5.95. The first-order valence-corrected chi connectivity index (χ1v) is 7.27. The van der Waals surface area contributed by atoms with Crippen LogP contribution in [0.5, 0.6) is 0 Å². The van der Waals surface area contributed by atoms with Gasteiger partial charge in [-0.05, 0) is 38.0 Å². The van der Waals surface area contributed by atoms with Gasteiger partial charge in [0, 0.05) is 38.3 Å². The van der Waals surface area contributed by atoms with Crippen LogP contribution in [0, 0.1) is 0 Å². The zero-order valence-electron chi connectivity index (χ0n) is 12.6. The summed E-state index contributed by atoms with van der Waals surface area (Å²) in [6, 6.07) is 8.53. The van der Waals surface area contributed by atoms with Crippen molar-refractivity contribution < 1.29 is 9.53 Å². The van der Waals surface area contributed by atoms with E-state index in [1.165, 1.54) is 5.56 Å². The Morgan fingerprint density at radius 1 is 1.30 bits per heavy atom. The van der Waals surface area contributed by atoms with Crippen LogP contribution in [0.25, 0.3) is 0 Å². The van der Waals surface area contributed by atoms with Crippen molar-refractivity contribution in [3.05, 3.63) is 29.8 Å². The summed E-state index contributed by atoms with van der Waals surface area (Å²) in [5.74, 6) is 0.235. The van der Waals surface area contributed by atoms with Gasteiger partial charge in [-0.1, -0.05) is 12.1 Å². The van der Waals surface area contributed by atoms with Crippen LogP contribution in [0.1, 0.15) is 32.3 Å². The van der Waals surface area contributed by atoms with Crippen molar-refractivity contribution in [3.8, 4) is 0 Å². The second-order valence-electron chi connectivity index (χ2n) is 5.43. The lowest BCUT2D eigenvalue weighted by atomic mass is 10.1. The van der Waals surface area contributed by atoms with Gasteiger partial charge in [-0.15, -0.1) is 0 Å². The summed E-state index contributed by atoms with van der Waals surface area (Å²) in [5.41, 5.74) is 2.23. The van der Waals surface area contributed by atoms with E-state index in [4.69, 9.17) is 4.74 Å². The van der Waals surface area contributed by atoms with E-state index in [1.54, 1.807) is 7.11 Å². The molecule has 4 heteroatoms. The van der Waals surface area contributed by atoms with Crippen LogP contribution >= 0.6 is 0 Å². The van der Waals surface area contributed by atoms with Crippen molar-refractivity contribution >= 4 is 11.6 Å². The minimum absolute atomic E-state index is 0.191. The van der Waals surface area contributed by atoms with Gasteiger partial charge in [0.25, 0.3) is 0 Å². The van der Waals surface area contributed by atoms with Gasteiger partial charge < -0.3 is 15.0 Å². The number of nitrogens with zero attached hydrogens (tertiary/aromatic N) is 1. The third-order valence-electron chi connectivity index (χ3n) is 4.03. The number of rotatable bonds is 6. The Hall–Kier alpha value is -1.39. The van der Waals surface area contributed by atoms with Crippen molar-refractivity contribution in [2.45, 2.75) is 45.4 Å². The SMILES string of the molecule is COC(C)C(C)NCc1ccc(N2CCCC2=O)cc1. The van der Waals surface area contributed by atoms with Gasteiger partial charge in [-0.2, -0.15) is 0 Å². The number of benzene rings is 1. The van der Waals surface area contributed by atoms with Crippen LogP contribution in [-0.2, 0) is 16.1 Å². The Balaban J connectivity index is 1.90. The van der Waals surface area contributed by atoms with E-state index in [2.05, 4.69) is 31.3 Å². The molecular weight excluding hydrogens is 252 g/mol. The maximum Gasteiger partial charge on any atom is 0.227 e. The van der Waals surface area contributed by atoms with E-state index in [1.807, 2.05) is 17.0 Å². The third-order valence-corrected chi connectivity index (χ3v) is 4.03. The minimum Gasteiger partial charge on any atom is -0.380 e. The maximum absolute atomic E-state index is 11.7. The largest absolute Gasteiger partial charge is 0.380 e.